The number of hydrogen-bond acceptors (Lipinski definition) is 6. The van der Waals surface area contributed by atoms with Crippen LogP contribution in [0.2, 0.25) is 0 Å². The van der Waals surface area contributed by atoms with Gasteiger partial charge in [0.2, 0.25) is 0 Å². The number of esters is 1. The molecule has 0 amide bonds. The second-order valence-corrected chi connectivity index (χ2v) is 24.3. The summed E-state index contributed by atoms with van der Waals surface area (Å²) in [5.74, 6) is 3.52. The van der Waals surface area contributed by atoms with Crippen LogP contribution in [-0.4, -0.2) is 61.5 Å². The summed E-state index contributed by atoms with van der Waals surface area (Å²) in [6.07, 6.45) is 20.0. The molecule has 2 saturated heterocycles. The second-order valence-electron chi connectivity index (χ2n) is 21.9. The highest BCUT2D eigenvalue weighted by molar-refractivity contribution is 7.92. The van der Waals surface area contributed by atoms with Crippen molar-refractivity contribution in [1.82, 2.24) is 10.2 Å². The number of carbonyl (C=O) groups excluding carboxylic acids is 1. The number of ether oxygens (including phenoxy) is 1. The number of nitrogens with zero attached hydrogens (tertiary/aromatic N) is 1. The Hall–Kier alpha value is -2.22. The average molecular weight is 797 g/mol. The predicted octanol–water partition coefficient (Wildman–Crippen LogP) is 9.86. The number of allylic oxidation sites excluding steroid dienone is 5. The van der Waals surface area contributed by atoms with Crippen LogP contribution in [0.4, 0.5) is 0 Å². The maximum Gasteiger partial charge on any atom is 0.309 e. The number of nitrogens with one attached hydrogen (secondary N) is 1. The van der Waals surface area contributed by atoms with Crippen molar-refractivity contribution in [3.8, 4) is 0 Å². The predicted molar refractivity (Wildman–Crippen MR) is 230 cm³/mol. The molecule has 4 saturated carbocycles. The quantitative estimate of drug-likeness (QED) is 0.198. The highest BCUT2D eigenvalue weighted by Gasteiger charge is 2.70. The molecule has 2 aliphatic heterocycles. The molecule has 1 N–H and O–H groups in total. The summed E-state index contributed by atoms with van der Waals surface area (Å²) >= 11 is 0. The third-order valence-corrected chi connectivity index (χ3v) is 21.5. The molecule has 1 aromatic carbocycles. The highest BCUT2D eigenvalue weighted by Crippen LogP contribution is 2.76. The molecule has 8 aliphatic rings. The van der Waals surface area contributed by atoms with Gasteiger partial charge in [-0.3, -0.25) is 9.69 Å². The largest absolute Gasteiger partial charge is 0.461 e. The van der Waals surface area contributed by atoms with E-state index in [1.54, 1.807) is 5.57 Å². The van der Waals surface area contributed by atoms with Crippen LogP contribution in [0, 0.1) is 57.2 Å². The topological polar surface area (TPSA) is 75.7 Å². The van der Waals surface area contributed by atoms with Crippen LogP contribution < -0.4 is 5.32 Å². The Labute approximate surface area is 345 Å². The van der Waals surface area contributed by atoms with E-state index in [4.69, 9.17) is 4.74 Å². The third-order valence-electron chi connectivity index (χ3n) is 19.3. The zero-order valence-electron chi connectivity index (χ0n) is 36.1. The molecule has 6 aliphatic carbocycles. The normalized spacial score (nSPS) is 44.2. The summed E-state index contributed by atoms with van der Waals surface area (Å²) < 4.78 is 30.7. The van der Waals surface area contributed by atoms with E-state index in [-0.39, 0.29) is 39.5 Å². The minimum atomic E-state index is -2.87. The Balaban J connectivity index is 0.908. The number of rotatable bonds is 9. The summed E-state index contributed by atoms with van der Waals surface area (Å²) in [7, 11) is -2.87. The Kier molecular flexibility index (Phi) is 10.0. The molecule has 0 radical (unpaired) electrons. The fourth-order valence-electron chi connectivity index (χ4n) is 16.2. The van der Waals surface area contributed by atoms with Crippen LogP contribution in [0.25, 0.3) is 0 Å². The van der Waals surface area contributed by atoms with Crippen molar-refractivity contribution in [2.45, 2.75) is 148 Å². The van der Waals surface area contributed by atoms with Gasteiger partial charge < -0.3 is 10.1 Å². The van der Waals surface area contributed by atoms with E-state index >= 15 is 0 Å². The van der Waals surface area contributed by atoms with Gasteiger partial charge in [0.1, 0.15) is 6.61 Å². The van der Waals surface area contributed by atoms with Crippen LogP contribution in [0.5, 0.6) is 0 Å². The lowest BCUT2D eigenvalue weighted by molar-refractivity contribution is -0.221. The number of sulfone groups is 1. The number of benzene rings is 1. The molecule has 0 spiro atoms. The van der Waals surface area contributed by atoms with E-state index in [0.29, 0.717) is 52.8 Å². The smallest absolute Gasteiger partial charge is 0.309 e. The number of carbonyl (C=O) groups is 1. The molecule has 6 fully saturated rings. The van der Waals surface area contributed by atoms with Gasteiger partial charge in [0.15, 0.2) is 9.84 Å². The zero-order valence-corrected chi connectivity index (χ0v) is 36.9. The fourth-order valence-corrected chi connectivity index (χ4v) is 18.3. The maximum atomic E-state index is 13.1. The minimum Gasteiger partial charge on any atom is -0.461 e. The average Bonchev–Trinajstić information content (AvgIpc) is 3.85. The van der Waals surface area contributed by atoms with Crippen LogP contribution in [0.3, 0.4) is 0 Å². The van der Waals surface area contributed by atoms with Crippen LogP contribution in [-0.2, 0) is 26.0 Å². The van der Waals surface area contributed by atoms with Crippen molar-refractivity contribution in [2.24, 2.45) is 57.2 Å². The molecular weight excluding hydrogens is 725 g/mol. The molecular formula is C50H72N2O4S. The van der Waals surface area contributed by atoms with Crippen LogP contribution >= 0.6 is 0 Å². The van der Waals surface area contributed by atoms with Crippen LogP contribution in [0.15, 0.2) is 65.8 Å². The van der Waals surface area contributed by atoms with Gasteiger partial charge in [0.25, 0.3) is 0 Å². The molecule has 312 valence electrons. The Morgan fingerprint density at radius 1 is 0.930 bits per heavy atom. The van der Waals surface area contributed by atoms with Gasteiger partial charge in [-0.05, 0) is 158 Å². The van der Waals surface area contributed by atoms with Gasteiger partial charge in [0, 0.05) is 31.2 Å². The Morgan fingerprint density at radius 2 is 1.72 bits per heavy atom. The lowest BCUT2D eigenvalue weighted by Gasteiger charge is -2.72. The van der Waals surface area contributed by atoms with Gasteiger partial charge in [0.05, 0.1) is 16.9 Å². The van der Waals surface area contributed by atoms with Gasteiger partial charge >= 0.3 is 5.97 Å². The summed E-state index contributed by atoms with van der Waals surface area (Å²) in [6, 6.07) is 10.2. The SMILES string of the molecule is C=C(C)[C@@H]1CC[C@]2(NCCN3C[C@@H]4CC3CS4(=O)=O)CC[C@]3(C)[C@H](CCC4[C@@]5(C)CC=C(C6=CC[C@H](C(=O)OCc7ccccc7)CC6)C(C)(C)C5CC[C@]43C)[C@@H]12. The van der Waals surface area contributed by atoms with Crippen molar-refractivity contribution in [2.75, 3.05) is 25.4 Å². The molecule has 2 heterocycles. The fraction of sp³-hybridized carbons (Fsp3) is 0.740. The van der Waals surface area contributed by atoms with Crippen molar-refractivity contribution in [1.29, 1.82) is 0 Å². The first kappa shape index (κ1) is 40.2. The minimum absolute atomic E-state index is 0.0450. The standard InChI is InChI=1S/C50H72N2O4S/c1-33(2)39-19-24-50(51-27-28-52-30-38-29-37(52)32-57(38,54)55)26-25-48(6)41(44(39)50)17-18-43-47(5)22-20-40(46(3,4)42(47)21-23-49(43,48)7)35-13-15-36(16-14-35)45(53)56-31-34-11-9-8-10-12-34/h8-13,20,36-39,41-44,51H,1,14-19,21-32H2,2-7H3/t36-,37?,38-,39-,41+,42?,43?,44+,47-,48+,49+,50-/m0/s1. The maximum absolute atomic E-state index is 13.1. The number of likely N-dealkylation sites (tertiary alicyclic amines) is 1. The lowest BCUT2D eigenvalue weighted by atomic mass is 9.33. The third kappa shape index (κ3) is 6.26. The first-order valence-corrected chi connectivity index (χ1v) is 24.7. The van der Waals surface area contributed by atoms with Crippen molar-refractivity contribution in [3.05, 3.63) is 71.3 Å². The summed E-state index contributed by atoms with van der Waals surface area (Å²) in [4.78, 5) is 15.6. The van der Waals surface area contributed by atoms with Crippen molar-refractivity contribution < 1.29 is 17.9 Å². The zero-order chi connectivity index (χ0) is 40.2. The first-order chi connectivity index (χ1) is 27.0. The van der Waals surface area contributed by atoms with Crippen LogP contribution in [0.1, 0.15) is 131 Å². The first-order valence-electron chi connectivity index (χ1n) is 23.0. The molecule has 1 aromatic rings. The number of hydrogen-bond donors (Lipinski definition) is 1. The van der Waals surface area contributed by atoms with E-state index in [1.165, 1.54) is 68.9 Å². The van der Waals surface area contributed by atoms with Crippen molar-refractivity contribution in [3.63, 3.8) is 0 Å². The van der Waals surface area contributed by atoms with E-state index in [0.717, 1.165) is 50.9 Å². The summed E-state index contributed by atoms with van der Waals surface area (Å²) in [5, 5.41) is 4.14. The summed E-state index contributed by atoms with van der Waals surface area (Å²) in [6.45, 7) is 23.3. The molecule has 6 nitrogen and oxygen atoms in total. The van der Waals surface area contributed by atoms with E-state index in [9.17, 15) is 13.2 Å². The summed E-state index contributed by atoms with van der Waals surface area (Å²) in [5.41, 5.74) is 6.61. The monoisotopic (exact) mass is 797 g/mol. The highest BCUT2D eigenvalue weighted by atomic mass is 32.2. The second kappa shape index (κ2) is 14.2. The Bertz CT molecular complexity index is 1940. The lowest BCUT2D eigenvalue weighted by Crippen LogP contribution is -2.68. The molecule has 0 aromatic heterocycles. The molecule has 2 bridgehead atoms. The molecule has 12 atom stereocenters. The van der Waals surface area contributed by atoms with E-state index < -0.39 is 9.84 Å². The number of fused-ring (bicyclic) bond motifs is 9. The van der Waals surface area contributed by atoms with E-state index in [2.05, 4.69) is 70.5 Å². The molecule has 57 heavy (non-hydrogen) atoms. The Morgan fingerprint density at radius 3 is 2.40 bits per heavy atom. The van der Waals surface area contributed by atoms with Crippen molar-refractivity contribution >= 4 is 15.8 Å². The van der Waals surface area contributed by atoms with Gasteiger partial charge in [-0.1, -0.05) is 89.3 Å². The molecule has 7 heteroatoms. The molecule has 9 rings (SSSR count). The van der Waals surface area contributed by atoms with E-state index in [1.807, 2.05) is 30.3 Å². The van der Waals surface area contributed by atoms with Gasteiger partial charge in [-0.25, -0.2) is 8.42 Å². The molecule has 3 unspecified atom stereocenters. The van der Waals surface area contributed by atoms with Gasteiger partial charge in [-0.2, -0.15) is 0 Å². The van der Waals surface area contributed by atoms with Gasteiger partial charge in [-0.15, -0.1) is 0 Å².